The van der Waals surface area contributed by atoms with Crippen LogP contribution >= 0.6 is 15.9 Å². The molecule has 1 atom stereocenters. The fourth-order valence-electron chi connectivity index (χ4n) is 2.89. The van der Waals surface area contributed by atoms with Crippen molar-refractivity contribution in [3.05, 3.63) is 34.3 Å². The number of likely N-dealkylation sites (tertiary alicyclic amines) is 1. The topological polar surface area (TPSA) is 61.4 Å². The number of rotatable bonds is 6. The van der Waals surface area contributed by atoms with Crippen molar-refractivity contribution >= 4 is 27.7 Å². The van der Waals surface area contributed by atoms with Crippen LogP contribution < -0.4 is 10.6 Å². The lowest BCUT2D eigenvalue weighted by Gasteiger charge is -2.26. The molecule has 5 nitrogen and oxygen atoms in total. The van der Waals surface area contributed by atoms with Gasteiger partial charge in [-0.25, -0.2) is 0 Å². The maximum Gasteiger partial charge on any atom is 0.251 e. The zero-order valence-corrected chi connectivity index (χ0v) is 15.8. The van der Waals surface area contributed by atoms with Gasteiger partial charge in [0.05, 0.1) is 6.04 Å². The number of amides is 2. The van der Waals surface area contributed by atoms with E-state index in [0.29, 0.717) is 18.7 Å². The van der Waals surface area contributed by atoms with E-state index in [1.165, 1.54) is 25.7 Å². The molecule has 132 valence electrons. The second-order valence-corrected chi connectivity index (χ2v) is 7.10. The van der Waals surface area contributed by atoms with Crippen LogP contribution in [0.2, 0.25) is 0 Å². The van der Waals surface area contributed by atoms with E-state index in [-0.39, 0.29) is 17.9 Å². The predicted molar refractivity (Wildman–Crippen MR) is 99.0 cm³/mol. The standard InChI is InChI=1S/C18H26BrN3O2/c1-14(22-11-4-2-3-5-12-22)17(23)20-9-10-21-18(24)15-7-6-8-16(19)13-15/h6-8,13-14H,2-5,9-12H2,1H3,(H,20,23)(H,21,24). The molecule has 2 N–H and O–H groups in total. The van der Waals surface area contributed by atoms with E-state index >= 15 is 0 Å². The molecule has 0 bridgehead atoms. The maximum atomic E-state index is 12.2. The number of hydrogen-bond donors (Lipinski definition) is 2. The van der Waals surface area contributed by atoms with Crippen molar-refractivity contribution in [1.29, 1.82) is 0 Å². The van der Waals surface area contributed by atoms with Crippen LogP contribution in [0.4, 0.5) is 0 Å². The van der Waals surface area contributed by atoms with Crippen LogP contribution in [0.5, 0.6) is 0 Å². The number of nitrogens with one attached hydrogen (secondary N) is 2. The fraction of sp³-hybridized carbons (Fsp3) is 0.556. The van der Waals surface area contributed by atoms with Gasteiger partial charge in [-0.15, -0.1) is 0 Å². The second kappa shape index (κ2) is 9.79. The lowest BCUT2D eigenvalue weighted by molar-refractivity contribution is -0.125. The monoisotopic (exact) mass is 395 g/mol. The van der Waals surface area contributed by atoms with Crippen LogP contribution in [0.1, 0.15) is 43.0 Å². The average Bonchev–Trinajstić information content (AvgIpc) is 2.87. The van der Waals surface area contributed by atoms with Gasteiger partial charge in [0, 0.05) is 23.1 Å². The average molecular weight is 396 g/mol. The molecule has 1 unspecified atom stereocenters. The molecule has 1 aliphatic rings. The summed E-state index contributed by atoms with van der Waals surface area (Å²) in [4.78, 5) is 26.5. The Bertz CT molecular complexity index is 557. The summed E-state index contributed by atoms with van der Waals surface area (Å²) in [6, 6.07) is 7.13. The highest BCUT2D eigenvalue weighted by Gasteiger charge is 2.21. The Labute approximate surface area is 152 Å². The normalized spacial score (nSPS) is 16.9. The highest BCUT2D eigenvalue weighted by Crippen LogP contribution is 2.12. The maximum absolute atomic E-state index is 12.2. The summed E-state index contributed by atoms with van der Waals surface area (Å²) < 4.78 is 0.870. The number of nitrogens with zero attached hydrogens (tertiary/aromatic N) is 1. The minimum Gasteiger partial charge on any atom is -0.353 e. The third kappa shape index (κ3) is 5.91. The molecule has 2 rings (SSSR count). The quantitative estimate of drug-likeness (QED) is 0.727. The van der Waals surface area contributed by atoms with Gasteiger partial charge in [-0.1, -0.05) is 34.8 Å². The number of carbonyl (C=O) groups is 2. The van der Waals surface area contributed by atoms with Crippen LogP contribution in [-0.4, -0.2) is 48.9 Å². The molecule has 1 aromatic rings. The Morgan fingerprint density at radius 2 is 1.79 bits per heavy atom. The molecule has 0 aromatic heterocycles. The Morgan fingerprint density at radius 3 is 2.46 bits per heavy atom. The second-order valence-electron chi connectivity index (χ2n) is 6.18. The molecule has 1 saturated heterocycles. The van der Waals surface area contributed by atoms with E-state index in [9.17, 15) is 9.59 Å². The molecule has 0 saturated carbocycles. The van der Waals surface area contributed by atoms with Crippen molar-refractivity contribution in [1.82, 2.24) is 15.5 Å². The van der Waals surface area contributed by atoms with Gasteiger partial charge in [0.15, 0.2) is 0 Å². The van der Waals surface area contributed by atoms with Gasteiger partial charge < -0.3 is 10.6 Å². The Kier molecular flexibility index (Phi) is 7.72. The zero-order valence-electron chi connectivity index (χ0n) is 14.2. The smallest absolute Gasteiger partial charge is 0.251 e. The first-order valence-electron chi connectivity index (χ1n) is 8.63. The number of hydrogen-bond acceptors (Lipinski definition) is 3. The molecular weight excluding hydrogens is 370 g/mol. The van der Waals surface area contributed by atoms with Gasteiger partial charge in [-0.05, 0) is 51.1 Å². The Morgan fingerprint density at radius 1 is 1.12 bits per heavy atom. The SMILES string of the molecule is CC(C(=O)NCCNC(=O)c1cccc(Br)c1)N1CCCCCC1. The fourth-order valence-corrected chi connectivity index (χ4v) is 3.29. The minimum atomic E-state index is -0.133. The van der Waals surface area contributed by atoms with Crippen molar-refractivity contribution in [2.75, 3.05) is 26.2 Å². The summed E-state index contributed by atoms with van der Waals surface area (Å²) in [7, 11) is 0. The molecule has 0 radical (unpaired) electrons. The summed E-state index contributed by atoms with van der Waals surface area (Å²) in [5, 5.41) is 5.74. The highest BCUT2D eigenvalue weighted by molar-refractivity contribution is 9.10. The Hall–Kier alpha value is -1.40. The summed E-state index contributed by atoms with van der Waals surface area (Å²) in [6.07, 6.45) is 4.85. The van der Waals surface area contributed by atoms with E-state index in [0.717, 1.165) is 17.6 Å². The van der Waals surface area contributed by atoms with E-state index in [1.54, 1.807) is 12.1 Å². The van der Waals surface area contributed by atoms with Gasteiger partial charge in [-0.2, -0.15) is 0 Å². The van der Waals surface area contributed by atoms with Gasteiger partial charge in [0.25, 0.3) is 5.91 Å². The summed E-state index contributed by atoms with van der Waals surface area (Å²) in [5.41, 5.74) is 0.605. The highest BCUT2D eigenvalue weighted by atomic mass is 79.9. The third-order valence-corrected chi connectivity index (χ3v) is 4.86. The first kappa shape index (κ1) is 18.9. The van der Waals surface area contributed by atoms with Crippen molar-refractivity contribution in [3.63, 3.8) is 0 Å². The summed E-state index contributed by atoms with van der Waals surface area (Å²) in [6.45, 7) is 4.81. The molecule has 2 amide bonds. The van der Waals surface area contributed by atoms with Crippen LogP contribution in [0.3, 0.4) is 0 Å². The minimum absolute atomic E-state index is 0.0357. The van der Waals surface area contributed by atoms with Gasteiger partial charge in [0.2, 0.25) is 5.91 Å². The van der Waals surface area contributed by atoms with Crippen LogP contribution in [0.25, 0.3) is 0 Å². The van der Waals surface area contributed by atoms with Crippen molar-refractivity contribution in [2.24, 2.45) is 0 Å². The molecule has 0 spiro atoms. The number of carbonyl (C=O) groups excluding carboxylic acids is 2. The molecule has 0 aliphatic carbocycles. The van der Waals surface area contributed by atoms with Crippen LogP contribution in [0, 0.1) is 0 Å². The van der Waals surface area contributed by atoms with E-state index in [4.69, 9.17) is 0 Å². The van der Waals surface area contributed by atoms with Crippen molar-refractivity contribution in [3.8, 4) is 0 Å². The first-order valence-corrected chi connectivity index (χ1v) is 9.43. The predicted octanol–water partition coefficient (Wildman–Crippen LogP) is 2.56. The first-order chi connectivity index (χ1) is 11.6. The molecule has 6 heteroatoms. The number of benzene rings is 1. The van der Waals surface area contributed by atoms with E-state index in [1.807, 2.05) is 19.1 Å². The van der Waals surface area contributed by atoms with E-state index < -0.39 is 0 Å². The van der Waals surface area contributed by atoms with Crippen molar-refractivity contribution < 1.29 is 9.59 Å². The molecule has 1 aromatic carbocycles. The molecule has 1 fully saturated rings. The van der Waals surface area contributed by atoms with Crippen LogP contribution in [-0.2, 0) is 4.79 Å². The molecular formula is C18H26BrN3O2. The van der Waals surface area contributed by atoms with E-state index in [2.05, 4.69) is 31.5 Å². The zero-order chi connectivity index (χ0) is 17.4. The molecule has 24 heavy (non-hydrogen) atoms. The lowest BCUT2D eigenvalue weighted by Crippen LogP contribution is -2.47. The largest absolute Gasteiger partial charge is 0.353 e. The number of halogens is 1. The van der Waals surface area contributed by atoms with Gasteiger partial charge >= 0.3 is 0 Å². The summed E-state index contributed by atoms with van der Waals surface area (Å²) in [5.74, 6) is -0.0975. The van der Waals surface area contributed by atoms with Gasteiger partial charge in [-0.3, -0.25) is 14.5 Å². The third-order valence-electron chi connectivity index (χ3n) is 4.36. The van der Waals surface area contributed by atoms with Crippen molar-refractivity contribution in [2.45, 2.75) is 38.6 Å². The van der Waals surface area contributed by atoms with Crippen LogP contribution in [0.15, 0.2) is 28.7 Å². The summed E-state index contributed by atoms with van der Waals surface area (Å²) >= 11 is 3.35. The molecule has 1 aliphatic heterocycles. The molecule has 1 heterocycles. The lowest BCUT2D eigenvalue weighted by atomic mass is 10.2. The van der Waals surface area contributed by atoms with Gasteiger partial charge in [0.1, 0.15) is 0 Å². The Balaban J connectivity index is 1.69.